The largest absolute Gasteiger partial charge is 0.481 e. The first-order chi connectivity index (χ1) is 7.74. The van der Waals surface area contributed by atoms with Gasteiger partial charge in [0.15, 0.2) is 0 Å². The third kappa shape index (κ3) is 1.40. The molecule has 0 saturated carbocycles. The monoisotopic (exact) mass is 216 g/mol. The van der Waals surface area contributed by atoms with Crippen molar-refractivity contribution in [2.45, 2.75) is 25.7 Å². The van der Waals surface area contributed by atoms with Gasteiger partial charge in [-0.25, -0.2) is 0 Å². The summed E-state index contributed by atoms with van der Waals surface area (Å²) in [4.78, 5) is 10.7. The van der Waals surface area contributed by atoms with Gasteiger partial charge in [-0.15, -0.1) is 0 Å². The maximum Gasteiger partial charge on any atom is 0.307 e. The lowest BCUT2D eigenvalue weighted by molar-refractivity contribution is -0.136. The van der Waals surface area contributed by atoms with Gasteiger partial charge in [0.1, 0.15) is 5.58 Å². The van der Waals surface area contributed by atoms with Gasteiger partial charge in [-0.1, -0.05) is 0 Å². The summed E-state index contributed by atoms with van der Waals surface area (Å²) in [7, 11) is 0. The van der Waals surface area contributed by atoms with Gasteiger partial charge in [-0.3, -0.25) is 4.79 Å². The van der Waals surface area contributed by atoms with E-state index < -0.39 is 5.97 Å². The number of carboxylic acid groups (broad SMARTS) is 1. The summed E-state index contributed by atoms with van der Waals surface area (Å²) in [6.07, 6.45) is 5.00. The molecule has 3 rings (SSSR count). The molecule has 1 aliphatic carbocycles. The van der Waals surface area contributed by atoms with Crippen LogP contribution in [0, 0.1) is 0 Å². The lowest BCUT2D eigenvalue weighted by Gasteiger charge is -1.99. The van der Waals surface area contributed by atoms with Gasteiger partial charge in [-0.05, 0) is 42.5 Å². The fraction of sp³-hybridized carbons (Fsp3) is 0.308. The quantitative estimate of drug-likeness (QED) is 0.839. The zero-order valence-electron chi connectivity index (χ0n) is 8.82. The van der Waals surface area contributed by atoms with Crippen LogP contribution >= 0.6 is 0 Å². The molecule has 82 valence electrons. The normalized spacial score (nSPS) is 14.2. The fourth-order valence-electron chi connectivity index (χ4n) is 2.45. The van der Waals surface area contributed by atoms with Gasteiger partial charge in [-0.2, -0.15) is 0 Å². The van der Waals surface area contributed by atoms with Crippen LogP contribution in [0.5, 0.6) is 0 Å². The Kier molecular flexibility index (Phi) is 1.99. The van der Waals surface area contributed by atoms with E-state index in [1.165, 1.54) is 17.5 Å². The highest BCUT2D eigenvalue weighted by atomic mass is 16.4. The average Bonchev–Trinajstić information content (AvgIpc) is 2.81. The van der Waals surface area contributed by atoms with E-state index in [0.29, 0.717) is 0 Å². The van der Waals surface area contributed by atoms with Crippen LogP contribution in [0.4, 0.5) is 0 Å². The summed E-state index contributed by atoms with van der Waals surface area (Å²) in [6.45, 7) is 0. The first kappa shape index (κ1) is 9.46. The Morgan fingerprint density at radius 1 is 1.31 bits per heavy atom. The second kappa shape index (κ2) is 3.37. The molecule has 0 unspecified atom stereocenters. The summed E-state index contributed by atoms with van der Waals surface area (Å²) in [5.41, 5.74) is 4.29. The standard InChI is InChI=1S/C13H12O3/c14-13(15)6-10-7-16-12-5-9-3-1-2-8(9)4-11(10)12/h4-5,7H,1-3,6H2,(H,14,15). The summed E-state index contributed by atoms with van der Waals surface area (Å²) >= 11 is 0. The first-order valence-corrected chi connectivity index (χ1v) is 5.48. The highest BCUT2D eigenvalue weighted by molar-refractivity contribution is 5.86. The van der Waals surface area contributed by atoms with Crippen molar-refractivity contribution in [2.75, 3.05) is 0 Å². The minimum atomic E-state index is -0.816. The average molecular weight is 216 g/mol. The number of hydrogen-bond donors (Lipinski definition) is 1. The van der Waals surface area contributed by atoms with Crippen molar-refractivity contribution < 1.29 is 14.3 Å². The van der Waals surface area contributed by atoms with Gasteiger partial charge in [0.05, 0.1) is 12.7 Å². The summed E-state index contributed by atoms with van der Waals surface area (Å²) in [6, 6.07) is 4.16. The SMILES string of the molecule is O=C(O)Cc1coc2cc3c(cc12)CCC3. The molecule has 1 aromatic carbocycles. The molecular weight excluding hydrogens is 204 g/mol. The van der Waals surface area contributed by atoms with E-state index in [9.17, 15) is 4.79 Å². The Bertz CT molecular complexity index is 566. The van der Waals surface area contributed by atoms with E-state index >= 15 is 0 Å². The second-order valence-corrected chi connectivity index (χ2v) is 4.30. The molecule has 2 aromatic rings. The zero-order valence-corrected chi connectivity index (χ0v) is 8.82. The number of aryl methyl sites for hydroxylation is 2. The number of carboxylic acids is 1. The van der Waals surface area contributed by atoms with Crippen LogP contribution in [-0.2, 0) is 24.1 Å². The molecule has 1 aromatic heterocycles. The minimum absolute atomic E-state index is 0.0335. The van der Waals surface area contributed by atoms with Crippen molar-refractivity contribution in [3.8, 4) is 0 Å². The molecular formula is C13H12O3. The number of carbonyl (C=O) groups is 1. The van der Waals surface area contributed by atoms with Crippen LogP contribution in [0.15, 0.2) is 22.8 Å². The number of fused-ring (bicyclic) bond motifs is 2. The molecule has 0 aliphatic heterocycles. The molecule has 0 radical (unpaired) electrons. The van der Waals surface area contributed by atoms with Crippen molar-refractivity contribution in [1.29, 1.82) is 0 Å². The summed E-state index contributed by atoms with van der Waals surface area (Å²) in [5, 5.41) is 9.76. The molecule has 1 heterocycles. The molecule has 0 spiro atoms. The molecule has 0 bridgehead atoms. The van der Waals surface area contributed by atoms with Gasteiger partial charge in [0.25, 0.3) is 0 Å². The third-order valence-electron chi connectivity index (χ3n) is 3.21. The lowest BCUT2D eigenvalue weighted by atomic mass is 10.0. The number of hydrogen-bond acceptors (Lipinski definition) is 2. The zero-order chi connectivity index (χ0) is 11.1. The van der Waals surface area contributed by atoms with Crippen LogP contribution in [0.2, 0.25) is 0 Å². The Labute approximate surface area is 92.7 Å². The van der Waals surface area contributed by atoms with Crippen molar-refractivity contribution in [2.24, 2.45) is 0 Å². The van der Waals surface area contributed by atoms with Crippen molar-refractivity contribution in [3.63, 3.8) is 0 Å². The Hall–Kier alpha value is -1.77. The first-order valence-electron chi connectivity index (χ1n) is 5.48. The fourth-order valence-corrected chi connectivity index (χ4v) is 2.45. The predicted octanol–water partition coefficient (Wildman–Crippen LogP) is 2.55. The van der Waals surface area contributed by atoms with Gasteiger partial charge in [0, 0.05) is 10.9 Å². The molecule has 3 nitrogen and oxygen atoms in total. The molecule has 1 aliphatic rings. The van der Waals surface area contributed by atoms with Gasteiger partial charge < -0.3 is 9.52 Å². The van der Waals surface area contributed by atoms with Crippen molar-refractivity contribution >= 4 is 16.9 Å². The Morgan fingerprint density at radius 3 is 2.81 bits per heavy atom. The highest BCUT2D eigenvalue weighted by Gasteiger charge is 2.16. The lowest BCUT2D eigenvalue weighted by Crippen LogP contribution is -1.98. The highest BCUT2D eigenvalue weighted by Crippen LogP contribution is 2.30. The second-order valence-electron chi connectivity index (χ2n) is 4.30. The van der Waals surface area contributed by atoms with Crippen LogP contribution in [-0.4, -0.2) is 11.1 Å². The number of rotatable bonds is 2. The predicted molar refractivity (Wildman–Crippen MR) is 59.6 cm³/mol. The minimum Gasteiger partial charge on any atom is -0.481 e. The van der Waals surface area contributed by atoms with Crippen molar-refractivity contribution in [3.05, 3.63) is 35.1 Å². The molecule has 0 atom stereocenters. The topological polar surface area (TPSA) is 50.4 Å². The number of furan rings is 1. The van der Waals surface area contributed by atoms with E-state index in [4.69, 9.17) is 9.52 Å². The number of aliphatic carboxylic acids is 1. The van der Waals surface area contributed by atoms with E-state index in [0.717, 1.165) is 29.4 Å². The van der Waals surface area contributed by atoms with E-state index in [1.807, 2.05) is 0 Å². The molecule has 0 amide bonds. The van der Waals surface area contributed by atoms with E-state index in [1.54, 1.807) is 6.26 Å². The maximum absolute atomic E-state index is 10.7. The Morgan fingerprint density at radius 2 is 2.06 bits per heavy atom. The smallest absolute Gasteiger partial charge is 0.307 e. The van der Waals surface area contributed by atoms with Crippen molar-refractivity contribution in [1.82, 2.24) is 0 Å². The summed E-state index contributed by atoms with van der Waals surface area (Å²) < 4.78 is 5.41. The molecule has 1 N–H and O–H groups in total. The maximum atomic E-state index is 10.7. The van der Waals surface area contributed by atoms with E-state index in [2.05, 4.69) is 12.1 Å². The van der Waals surface area contributed by atoms with Crippen LogP contribution < -0.4 is 0 Å². The van der Waals surface area contributed by atoms with Crippen LogP contribution in [0.25, 0.3) is 11.0 Å². The third-order valence-corrected chi connectivity index (χ3v) is 3.21. The summed E-state index contributed by atoms with van der Waals surface area (Å²) in [5.74, 6) is -0.816. The van der Waals surface area contributed by atoms with E-state index in [-0.39, 0.29) is 6.42 Å². The molecule has 0 fully saturated rings. The molecule has 3 heteroatoms. The van der Waals surface area contributed by atoms with Gasteiger partial charge in [0.2, 0.25) is 0 Å². The van der Waals surface area contributed by atoms with Gasteiger partial charge >= 0.3 is 5.97 Å². The van der Waals surface area contributed by atoms with Crippen LogP contribution in [0.3, 0.4) is 0 Å². The molecule has 16 heavy (non-hydrogen) atoms. The van der Waals surface area contributed by atoms with Crippen LogP contribution in [0.1, 0.15) is 23.1 Å². The number of benzene rings is 1. The molecule has 0 saturated heterocycles. The Balaban J connectivity index is 2.15.